The second-order valence-electron chi connectivity index (χ2n) is 8.87. The van der Waals surface area contributed by atoms with E-state index in [1.807, 2.05) is 66.7 Å². The highest BCUT2D eigenvalue weighted by Gasteiger charge is 2.30. The summed E-state index contributed by atoms with van der Waals surface area (Å²) in [6.45, 7) is 0.241. The first-order valence-corrected chi connectivity index (χ1v) is 12.9. The highest BCUT2D eigenvalue weighted by atomic mass is 35.5. The van der Waals surface area contributed by atoms with E-state index in [1.54, 1.807) is 48.7 Å². The second-order valence-corrected chi connectivity index (χ2v) is 9.27. The summed E-state index contributed by atoms with van der Waals surface area (Å²) in [7, 11) is 1.60. The molecule has 200 valence electrons. The van der Waals surface area contributed by atoms with E-state index in [1.165, 1.54) is 0 Å². The van der Waals surface area contributed by atoms with E-state index < -0.39 is 6.04 Å². The van der Waals surface area contributed by atoms with Crippen LogP contribution in [0.25, 0.3) is 0 Å². The van der Waals surface area contributed by atoms with Crippen LogP contribution in [0.3, 0.4) is 0 Å². The molecule has 0 unspecified atom stereocenters. The lowest BCUT2D eigenvalue weighted by molar-refractivity contribution is -0.142. The lowest BCUT2D eigenvalue weighted by Crippen LogP contribution is -2.51. The Kier molecular flexibility index (Phi) is 9.92. The Hall–Kier alpha value is -4.36. The van der Waals surface area contributed by atoms with Gasteiger partial charge < -0.3 is 19.7 Å². The van der Waals surface area contributed by atoms with Crippen molar-refractivity contribution in [3.05, 3.63) is 125 Å². The fraction of sp³-hybridized carbons (Fsp3) is 0.194. The Morgan fingerprint density at radius 3 is 2.26 bits per heavy atom. The zero-order valence-electron chi connectivity index (χ0n) is 21.6. The monoisotopic (exact) mass is 543 g/mol. The molecule has 8 heteroatoms. The highest BCUT2D eigenvalue weighted by Crippen LogP contribution is 2.24. The number of para-hydroxylation sites is 1. The lowest BCUT2D eigenvalue weighted by atomic mass is 10.0. The summed E-state index contributed by atoms with van der Waals surface area (Å²) >= 11 is 6.24. The Labute approximate surface area is 233 Å². The molecule has 0 bridgehead atoms. The first kappa shape index (κ1) is 27.7. The van der Waals surface area contributed by atoms with Crippen LogP contribution in [-0.4, -0.2) is 41.5 Å². The number of rotatable bonds is 12. The summed E-state index contributed by atoms with van der Waals surface area (Å²) in [6, 6.07) is 26.9. The standard InChI is InChI=1S/C31H30ClN3O4/c1-38-26-13-11-25(12-14-26)21-35(30(36)22-39-29-10-6-5-9-27(29)32)28(19-23-7-3-2-4-8-23)31(37)34-20-24-15-17-33-18-16-24/h2-18,28H,19-22H2,1H3,(H,34,37)/t28-/m0/s1. The molecule has 0 saturated carbocycles. The van der Waals surface area contributed by atoms with Gasteiger partial charge in [-0.2, -0.15) is 0 Å². The SMILES string of the molecule is COc1ccc(CN(C(=O)COc2ccccc2Cl)[C@@H](Cc2ccccc2)C(=O)NCc2ccncc2)cc1. The van der Waals surface area contributed by atoms with Crippen LogP contribution in [0.4, 0.5) is 0 Å². The van der Waals surface area contributed by atoms with Crippen LogP contribution in [-0.2, 0) is 29.1 Å². The van der Waals surface area contributed by atoms with E-state index in [0.717, 1.165) is 16.7 Å². The van der Waals surface area contributed by atoms with Crippen LogP contribution in [0.2, 0.25) is 5.02 Å². The maximum Gasteiger partial charge on any atom is 0.261 e. The smallest absolute Gasteiger partial charge is 0.261 e. The average Bonchev–Trinajstić information content (AvgIpc) is 2.98. The Balaban J connectivity index is 1.62. The molecule has 39 heavy (non-hydrogen) atoms. The normalized spacial score (nSPS) is 11.3. The van der Waals surface area contributed by atoms with Crippen molar-refractivity contribution >= 4 is 23.4 Å². The minimum absolute atomic E-state index is 0.203. The van der Waals surface area contributed by atoms with E-state index in [0.29, 0.717) is 29.5 Å². The molecule has 0 aliphatic rings. The van der Waals surface area contributed by atoms with Crippen molar-refractivity contribution < 1.29 is 19.1 Å². The fourth-order valence-electron chi connectivity index (χ4n) is 4.07. The molecule has 0 aliphatic heterocycles. The number of nitrogens with one attached hydrogen (secondary N) is 1. The number of ether oxygens (including phenoxy) is 2. The van der Waals surface area contributed by atoms with Crippen LogP contribution in [0.1, 0.15) is 16.7 Å². The Morgan fingerprint density at radius 1 is 0.872 bits per heavy atom. The minimum Gasteiger partial charge on any atom is -0.497 e. The van der Waals surface area contributed by atoms with Crippen LogP contribution in [0.15, 0.2) is 103 Å². The van der Waals surface area contributed by atoms with Crippen molar-refractivity contribution in [2.24, 2.45) is 0 Å². The molecule has 0 radical (unpaired) electrons. The van der Waals surface area contributed by atoms with Gasteiger partial charge in [0.1, 0.15) is 17.5 Å². The van der Waals surface area contributed by atoms with E-state index >= 15 is 0 Å². The van der Waals surface area contributed by atoms with Crippen molar-refractivity contribution in [3.8, 4) is 11.5 Å². The quantitative estimate of drug-likeness (QED) is 0.269. The number of hydrogen-bond acceptors (Lipinski definition) is 5. The fourth-order valence-corrected chi connectivity index (χ4v) is 4.26. The molecule has 3 aromatic carbocycles. The van der Waals surface area contributed by atoms with E-state index in [4.69, 9.17) is 21.1 Å². The minimum atomic E-state index is -0.793. The molecule has 2 amide bonds. The summed E-state index contributed by atoms with van der Waals surface area (Å²) in [5.41, 5.74) is 2.69. The van der Waals surface area contributed by atoms with Crippen LogP contribution in [0.5, 0.6) is 11.5 Å². The van der Waals surface area contributed by atoms with Crippen molar-refractivity contribution in [2.45, 2.75) is 25.6 Å². The number of benzene rings is 3. The summed E-state index contributed by atoms with van der Waals surface area (Å²) in [5, 5.41) is 3.40. The van der Waals surface area contributed by atoms with Gasteiger partial charge in [0, 0.05) is 31.9 Å². The molecule has 4 rings (SSSR count). The summed E-state index contributed by atoms with van der Waals surface area (Å²) < 4.78 is 11.1. The summed E-state index contributed by atoms with van der Waals surface area (Å²) in [6.07, 6.45) is 3.68. The number of nitrogens with zero attached hydrogens (tertiary/aromatic N) is 2. The van der Waals surface area contributed by atoms with E-state index in [9.17, 15) is 9.59 Å². The van der Waals surface area contributed by atoms with Gasteiger partial charge in [-0.3, -0.25) is 14.6 Å². The molecule has 7 nitrogen and oxygen atoms in total. The van der Waals surface area contributed by atoms with Gasteiger partial charge >= 0.3 is 0 Å². The molecule has 1 aromatic heterocycles. The van der Waals surface area contributed by atoms with Gasteiger partial charge in [-0.1, -0.05) is 66.2 Å². The topological polar surface area (TPSA) is 80.8 Å². The maximum absolute atomic E-state index is 13.7. The molecule has 1 atom stereocenters. The number of amides is 2. The Bertz CT molecular complexity index is 1350. The van der Waals surface area contributed by atoms with Gasteiger partial charge in [0.2, 0.25) is 5.91 Å². The van der Waals surface area contributed by atoms with Crippen LogP contribution in [0, 0.1) is 0 Å². The van der Waals surface area contributed by atoms with Crippen molar-refractivity contribution in [1.82, 2.24) is 15.2 Å². The van der Waals surface area contributed by atoms with Crippen molar-refractivity contribution in [3.63, 3.8) is 0 Å². The molecule has 1 N–H and O–H groups in total. The van der Waals surface area contributed by atoms with Crippen molar-refractivity contribution in [2.75, 3.05) is 13.7 Å². The molecule has 4 aromatic rings. The van der Waals surface area contributed by atoms with E-state index in [2.05, 4.69) is 10.3 Å². The van der Waals surface area contributed by atoms with Gasteiger partial charge in [0.05, 0.1) is 12.1 Å². The first-order chi connectivity index (χ1) is 19.0. The zero-order valence-corrected chi connectivity index (χ0v) is 22.4. The number of aromatic nitrogens is 1. The first-order valence-electron chi connectivity index (χ1n) is 12.5. The van der Waals surface area contributed by atoms with Gasteiger partial charge in [-0.25, -0.2) is 0 Å². The molecule has 0 spiro atoms. The summed E-state index contributed by atoms with van der Waals surface area (Å²) in [5.74, 6) is 0.495. The predicted octanol–water partition coefficient (Wildman–Crippen LogP) is 5.08. The molecular formula is C31H30ClN3O4. The third-order valence-corrected chi connectivity index (χ3v) is 6.50. The third-order valence-electron chi connectivity index (χ3n) is 6.19. The van der Waals surface area contributed by atoms with Crippen molar-refractivity contribution in [1.29, 1.82) is 0 Å². The van der Waals surface area contributed by atoms with Gasteiger partial charge in [0.25, 0.3) is 5.91 Å². The zero-order chi connectivity index (χ0) is 27.5. The third kappa shape index (κ3) is 8.06. The molecule has 0 fully saturated rings. The number of carbonyl (C=O) groups excluding carboxylic acids is 2. The van der Waals surface area contributed by atoms with Crippen LogP contribution < -0.4 is 14.8 Å². The highest BCUT2D eigenvalue weighted by molar-refractivity contribution is 6.32. The number of carbonyl (C=O) groups is 2. The predicted molar refractivity (Wildman–Crippen MR) is 151 cm³/mol. The maximum atomic E-state index is 13.7. The summed E-state index contributed by atoms with van der Waals surface area (Å²) in [4.78, 5) is 33.0. The number of hydrogen-bond donors (Lipinski definition) is 1. The molecule has 1 heterocycles. The number of methoxy groups -OCH3 is 1. The number of pyridine rings is 1. The Morgan fingerprint density at radius 2 is 1.56 bits per heavy atom. The molecule has 0 saturated heterocycles. The molecular weight excluding hydrogens is 514 g/mol. The molecule has 0 aliphatic carbocycles. The second kappa shape index (κ2) is 14.0. The lowest BCUT2D eigenvalue weighted by Gasteiger charge is -2.31. The van der Waals surface area contributed by atoms with Gasteiger partial charge in [-0.05, 0) is 53.1 Å². The van der Waals surface area contributed by atoms with Gasteiger partial charge in [0.15, 0.2) is 6.61 Å². The average molecular weight is 544 g/mol. The van der Waals surface area contributed by atoms with Crippen LogP contribution >= 0.6 is 11.6 Å². The largest absolute Gasteiger partial charge is 0.497 e. The van der Waals surface area contributed by atoms with E-state index in [-0.39, 0.29) is 25.0 Å². The van der Waals surface area contributed by atoms with Gasteiger partial charge in [-0.15, -0.1) is 0 Å². The number of halogens is 1.